The predicted molar refractivity (Wildman–Crippen MR) is 76.2 cm³/mol. The van der Waals surface area contributed by atoms with Crippen molar-refractivity contribution in [3.63, 3.8) is 0 Å². The van der Waals surface area contributed by atoms with Gasteiger partial charge in [-0.1, -0.05) is 18.2 Å². The van der Waals surface area contributed by atoms with Crippen LogP contribution in [0.1, 0.15) is 24.2 Å². The fourth-order valence-corrected chi connectivity index (χ4v) is 2.46. The Kier molecular flexibility index (Phi) is 4.44. The van der Waals surface area contributed by atoms with Crippen molar-refractivity contribution in [3.05, 3.63) is 35.9 Å². The van der Waals surface area contributed by atoms with Gasteiger partial charge < -0.3 is 23.7 Å². The van der Waals surface area contributed by atoms with Gasteiger partial charge in [-0.3, -0.25) is 0 Å². The average molecular weight is 308 g/mol. The lowest BCUT2D eigenvalue weighted by molar-refractivity contribution is -0.159. The second-order valence-electron chi connectivity index (χ2n) is 5.77. The summed E-state index contributed by atoms with van der Waals surface area (Å²) < 4.78 is 27.7. The van der Waals surface area contributed by atoms with E-state index in [2.05, 4.69) is 0 Å². The molecule has 0 unspecified atom stereocenters. The SMILES string of the molecule is CC1(C)OC[C@H]([C@@H]2CO[C@H](COC(=O)c3ccccc3)O2)O1. The van der Waals surface area contributed by atoms with Crippen LogP contribution in [0.4, 0.5) is 0 Å². The van der Waals surface area contributed by atoms with Gasteiger partial charge in [-0.25, -0.2) is 4.79 Å². The lowest BCUT2D eigenvalue weighted by Crippen LogP contribution is -2.33. The minimum Gasteiger partial charge on any atom is -0.457 e. The monoisotopic (exact) mass is 308 g/mol. The van der Waals surface area contributed by atoms with Gasteiger partial charge in [0.1, 0.15) is 18.8 Å². The third kappa shape index (κ3) is 3.64. The first-order valence-corrected chi connectivity index (χ1v) is 7.34. The molecular formula is C16H20O6. The van der Waals surface area contributed by atoms with Crippen molar-refractivity contribution >= 4 is 5.97 Å². The molecule has 0 N–H and O–H groups in total. The maximum absolute atomic E-state index is 11.8. The van der Waals surface area contributed by atoms with Gasteiger partial charge in [0.2, 0.25) is 0 Å². The summed E-state index contributed by atoms with van der Waals surface area (Å²) in [4.78, 5) is 11.8. The standard InChI is InChI=1S/C16H20O6/c1-16(2)20-9-13(22-16)12-8-18-14(21-12)10-19-15(17)11-6-4-3-5-7-11/h3-7,12-14H,8-10H2,1-2H3/t12-,13+,14-/m0/s1. The lowest BCUT2D eigenvalue weighted by atomic mass is 10.2. The Balaban J connectivity index is 1.45. The van der Waals surface area contributed by atoms with Gasteiger partial charge in [0.25, 0.3) is 0 Å². The smallest absolute Gasteiger partial charge is 0.338 e. The van der Waals surface area contributed by atoms with Gasteiger partial charge in [0, 0.05) is 0 Å². The van der Waals surface area contributed by atoms with E-state index in [-0.39, 0.29) is 18.8 Å². The second-order valence-corrected chi connectivity index (χ2v) is 5.77. The fourth-order valence-electron chi connectivity index (χ4n) is 2.46. The molecule has 0 spiro atoms. The molecule has 2 aliphatic rings. The highest BCUT2D eigenvalue weighted by Gasteiger charge is 2.42. The Labute approximate surface area is 129 Å². The van der Waals surface area contributed by atoms with Crippen molar-refractivity contribution in [1.82, 2.24) is 0 Å². The molecule has 1 aromatic rings. The van der Waals surface area contributed by atoms with Crippen LogP contribution in [0.5, 0.6) is 0 Å². The first-order chi connectivity index (χ1) is 10.5. The van der Waals surface area contributed by atoms with Crippen LogP contribution >= 0.6 is 0 Å². The zero-order valence-electron chi connectivity index (χ0n) is 12.7. The Morgan fingerprint density at radius 3 is 2.68 bits per heavy atom. The number of ether oxygens (including phenoxy) is 5. The molecule has 0 aliphatic carbocycles. The van der Waals surface area contributed by atoms with E-state index in [0.717, 1.165) is 0 Å². The third-order valence-electron chi connectivity index (χ3n) is 3.58. The fraction of sp³-hybridized carbons (Fsp3) is 0.562. The average Bonchev–Trinajstić information content (AvgIpc) is 3.12. The molecule has 3 rings (SSSR count). The van der Waals surface area contributed by atoms with Crippen molar-refractivity contribution in [2.75, 3.05) is 19.8 Å². The van der Waals surface area contributed by atoms with Gasteiger partial charge in [-0.05, 0) is 26.0 Å². The topological polar surface area (TPSA) is 63.2 Å². The van der Waals surface area contributed by atoms with Crippen LogP contribution in [0, 0.1) is 0 Å². The highest BCUT2D eigenvalue weighted by atomic mass is 16.8. The lowest BCUT2D eigenvalue weighted by Gasteiger charge is -2.19. The summed E-state index contributed by atoms with van der Waals surface area (Å²) in [6, 6.07) is 8.82. The maximum atomic E-state index is 11.8. The molecule has 0 saturated carbocycles. The molecule has 0 radical (unpaired) electrons. The summed E-state index contributed by atoms with van der Waals surface area (Å²) in [6.07, 6.45) is -0.933. The molecule has 2 fully saturated rings. The summed E-state index contributed by atoms with van der Waals surface area (Å²) in [5.74, 6) is -0.982. The number of carbonyl (C=O) groups excluding carboxylic acids is 1. The van der Waals surface area contributed by atoms with Crippen LogP contribution in [0.25, 0.3) is 0 Å². The number of hydrogen-bond acceptors (Lipinski definition) is 6. The number of esters is 1. The molecule has 0 aromatic heterocycles. The van der Waals surface area contributed by atoms with E-state index in [9.17, 15) is 4.79 Å². The molecule has 1 aromatic carbocycles. The van der Waals surface area contributed by atoms with E-state index >= 15 is 0 Å². The number of carbonyl (C=O) groups is 1. The van der Waals surface area contributed by atoms with Gasteiger partial charge >= 0.3 is 5.97 Å². The Bertz CT molecular complexity index is 515. The van der Waals surface area contributed by atoms with Crippen molar-refractivity contribution in [2.45, 2.75) is 38.1 Å². The molecule has 0 bridgehead atoms. The highest BCUT2D eigenvalue weighted by Crippen LogP contribution is 2.28. The van der Waals surface area contributed by atoms with Crippen LogP contribution in [-0.4, -0.2) is 50.1 Å². The molecule has 120 valence electrons. The van der Waals surface area contributed by atoms with Crippen LogP contribution in [-0.2, 0) is 23.7 Å². The molecule has 2 heterocycles. The number of rotatable bonds is 4. The normalized spacial score (nSPS) is 30.4. The van der Waals surface area contributed by atoms with E-state index in [4.69, 9.17) is 23.7 Å². The Morgan fingerprint density at radius 1 is 1.23 bits per heavy atom. The van der Waals surface area contributed by atoms with Crippen molar-refractivity contribution in [2.24, 2.45) is 0 Å². The van der Waals surface area contributed by atoms with Crippen molar-refractivity contribution < 1.29 is 28.5 Å². The molecule has 6 nitrogen and oxygen atoms in total. The van der Waals surface area contributed by atoms with Crippen molar-refractivity contribution in [3.8, 4) is 0 Å². The van der Waals surface area contributed by atoms with Crippen LogP contribution in [0.15, 0.2) is 30.3 Å². The summed E-state index contributed by atoms with van der Waals surface area (Å²) in [5, 5.41) is 0. The Morgan fingerprint density at radius 2 is 2.00 bits per heavy atom. The molecule has 6 heteroatoms. The summed E-state index contributed by atoms with van der Waals surface area (Å²) in [5.41, 5.74) is 0.506. The first-order valence-electron chi connectivity index (χ1n) is 7.34. The van der Waals surface area contributed by atoms with E-state index < -0.39 is 18.0 Å². The predicted octanol–water partition coefficient (Wildman–Crippen LogP) is 1.74. The van der Waals surface area contributed by atoms with Gasteiger partial charge in [-0.15, -0.1) is 0 Å². The van der Waals surface area contributed by atoms with E-state index in [0.29, 0.717) is 18.8 Å². The van der Waals surface area contributed by atoms with Gasteiger partial charge in [-0.2, -0.15) is 0 Å². The zero-order valence-corrected chi connectivity index (χ0v) is 12.7. The number of hydrogen-bond donors (Lipinski definition) is 0. The third-order valence-corrected chi connectivity index (χ3v) is 3.58. The van der Waals surface area contributed by atoms with Crippen LogP contribution in [0.2, 0.25) is 0 Å². The van der Waals surface area contributed by atoms with E-state index in [1.807, 2.05) is 19.9 Å². The summed E-state index contributed by atoms with van der Waals surface area (Å²) in [7, 11) is 0. The molecule has 2 aliphatic heterocycles. The molecular weight excluding hydrogens is 288 g/mol. The first kappa shape index (κ1) is 15.4. The van der Waals surface area contributed by atoms with Gasteiger partial charge in [0.05, 0.1) is 18.8 Å². The number of benzene rings is 1. The minimum atomic E-state index is -0.591. The minimum absolute atomic E-state index is 0.0567. The van der Waals surface area contributed by atoms with Gasteiger partial charge in [0.15, 0.2) is 12.1 Å². The van der Waals surface area contributed by atoms with Crippen LogP contribution < -0.4 is 0 Å². The maximum Gasteiger partial charge on any atom is 0.338 e. The second kappa shape index (κ2) is 6.34. The molecule has 3 atom stereocenters. The molecule has 2 saturated heterocycles. The van der Waals surface area contributed by atoms with Crippen molar-refractivity contribution in [1.29, 1.82) is 0 Å². The van der Waals surface area contributed by atoms with Crippen LogP contribution in [0.3, 0.4) is 0 Å². The highest BCUT2D eigenvalue weighted by molar-refractivity contribution is 5.89. The summed E-state index contributed by atoms with van der Waals surface area (Å²) >= 11 is 0. The summed E-state index contributed by atoms with van der Waals surface area (Å²) in [6.45, 7) is 4.65. The largest absolute Gasteiger partial charge is 0.457 e. The Hall–Kier alpha value is -1.47. The molecule has 0 amide bonds. The van der Waals surface area contributed by atoms with E-state index in [1.165, 1.54) is 0 Å². The molecule has 22 heavy (non-hydrogen) atoms. The quantitative estimate of drug-likeness (QED) is 0.790. The van der Waals surface area contributed by atoms with E-state index in [1.54, 1.807) is 24.3 Å². The zero-order chi connectivity index (χ0) is 15.6.